The van der Waals surface area contributed by atoms with Gasteiger partial charge >= 0.3 is 5.97 Å². The lowest BCUT2D eigenvalue weighted by Crippen LogP contribution is -2.40. The fourth-order valence-electron chi connectivity index (χ4n) is 3.85. The molecular weight excluding hydrogens is 296 g/mol. The van der Waals surface area contributed by atoms with E-state index in [4.69, 9.17) is 17.0 Å². The van der Waals surface area contributed by atoms with Crippen molar-refractivity contribution in [3.05, 3.63) is 29.3 Å². The molecule has 2 fully saturated rings. The Morgan fingerprint density at radius 3 is 2.77 bits per heavy atom. The van der Waals surface area contributed by atoms with Crippen LogP contribution in [0, 0.1) is 18.8 Å². The fraction of sp³-hybridized carbons (Fsp3) is 0.529. The number of fused-ring (bicyclic) bond motifs is 2. The Kier molecular flexibility index (Phi) is 4.34. The van der Waals surface area contributed by atoms with Gasteiger partial charge < -0.3 is 15.4 Å². The number of hydrogen-bond acceptors (Lipinski definition) is 3. The van der Waals surface area contributed by atoms with E-state index in [-0.39, 0.29) is 5.97 Å². The van der Waals surface area contributed by atoms with Crippen LogP contribution in [0.2, 0.25) is 0 Å². The van der Waals surface area contributed by atoms with Crippen LogP contribution in [-0.4, -0.2) is 24.2 Å². The van der Waals surface area contributed by atoms with E-state index in [2.05, 4.69) is 10.6 Å². The Balaban J connectivity index is 1.65. The lowest BCUT2D eigenvalue weighted by Gasteiger charge is -2.25. The maximum absolute atomic E-state index is 11.7. The maximum Gasteiger partial charge on any atom is 0.338 e. The molecule has 1 aromatic carbocycles. The highest BCUT2D eigenvalue weighted by molar-refractivity contribution is 7.80. The molecule has 5 heteroatoms. The van der Waals surface area contributed by atoms with Crippen molar-refractivity contribution in [1.82, 2.24) is 5.32 Å². The van der Waals surface area contributed by atoms with Crippen molar-refractivity contribution in [2.24, 2.45) is 11.8 Å². The second-order valence-corrected chi connectivity index (χ2v) is 6.76. The molecule has 1 aromatic rings. The zero-order valence-corrected chi connectivity index (χ0v) is 13.8. The largest absolute Gasteiger partial charge is 0.465 e. The van der Waals surface area contributed by atoms with E-state index < -0.39 is 0 Å². The summed E-state index contributed by atoms with van der Waals surface area (Å²) < 4.78 is 4.80. The zero-order valence-electron chi connectivity index (χ0n) is 13.0. The summed E-state index contributed by atoms with van der Waals surface area (Å²) in [5, 5.41) is 7.32. The van der Waals surface area contributed by atoms with Crippen LogP contribution in [0.25, 0.3) is 0 Å². The van der Waals surface area contributed by atoms with E-state index in [0.717, 1.165) is 23.1 Å². The molecule has 0 aromatic heterocycles. The third-order valence-electron chi connectivity index (χ3n) is 5.04. The van der Waals surface area contributed by atoms with Gasteiger partial charge in [0.25, 0.3) is 0 Å². The Bertz CT molecular complexity index is 602. The van der Waals surface area contributed by atoms with E-state index in [9.17, 15) is 4.79 Å². The molecule has 0 unspecified atom stereocenters. The highest BCUT2D eigenvalue weighted by Gasteiger charge is 2.39. The molecule has 22 heavy (non-hydrogen) atoms. The molecule has 118 valence electrons. The minimum absolute atomic E-state index is 0.326. The number of esters is 1. The molecule has 0 spiro atoms. The summed E-state index contributed by atoms with van der Waals surface area (Å²) in [6.45, 7) is 1.90. The molecule has 0 aliphatic heterocycles. The first-order chi connectivity index (χ1) is 10.6. The van der Waals surface area contributed by atoms with Gasteiger partial charge in [-0.05, 0) is 67.9 Å². The van der Waals surface area contributed by atoms with Gasteiger partial charge in [-0.3, -0.25) is 0 Å². The van der Waals surface area contributed by atoms with Crippen molar-refractivity contribution in [1.29, 1.82) is 0 Å². The second kappa shape index (κ2) is 6.24. The van der Waals surface area contributed by atoms with Gasteiger partial charge in [0.15, 0.2) is 5.11 Å². The Morgan fingerprint density at radius 2 is 2.14 bits per heavy atom. The number of nitrogens with one attached hydrogen (secondary N) is 2. The zero-order chi connectivity index (χ0) is 15.7. The first kappa shape index (κ1) is 15.3. The summed E-state index contributed by atoms with van der Waals surface area (Å²) in [6, 6.07) is 6.03. The van der Waals surface area contributed by atoms with Crippen LogP contribution in [0.1, 0.15) is 41.6 Å². The predicted molar refractivity (Wildman–Crippen MR) is 91.1 cm³/mol. The number of hydrogen-bond donors (Lipinski definition) is 2. The number of methoxy groups -OCH3 is 1. The first-order valence-electron chi connectivity index (χ1n) is 7.84. The van der Waals surface area contributed by atoms with E-state index in [0.29, 0.717) is 16.7 Å². The highest BCUT2D eigenvalue weighted by atomic mass is 32.1. The number of anilines is 1. The molecule has 2 aliphatic carbocycles. The molecular formula is C17H22N2O2S. The van der Waals surface area contributed by atoms with Crippen molar-refractivity contribution in [2.45, 2.75) is 38.6 Å². The normalized spacial score (nSPS) is 25.8. The monoisotopic (exact) mass is 318 g/mol. The third-order valence-corrected chi connectivity index (χ3v) is 5.26. The summed E-state index contributed by atoms with van der Waals surface area (Å²) in [6.07, 6.45) is 5.27. The van der Waals surface area contributed by atoms with E-state index in [1.165, 1.54) is 32.8 Å². The van der Waals surface area contributed by atoms with Gasteiger partial charge in [-0.15, -0.1) is 0 Å². The van der Waals surface area contributed by atoms with Crippen LogP contribution in [0.4, 0.5) is 5.69 Å². The van der Waals surface area contributed by atoms with Crippen LogP contribution in [-0.2, 0) is 4.74 Å². The van der Waals surface area contributed by atoms with Gasteiger partial charge in [0.1, 0.15) is 0 Å². The SMILES string of the molecule is COC(=O)c1cccc(NC(=S)N[C@H]2C[C@H]3CC[C@H]2C3)c1C. The van der Waals surface area contributed by atoms with E-state index in [1.54, 1.807) is 6.07 Å². The predicted octanol–water partition coefficient (Wildman–Crippen LogP) is 3.26. The number of benzene rings is 1. The van der Waals surface area contributed by atoms with Gasteiger partial charge in [-0.1, -0.05) is 12.5 Å². The number of thiocarbonyl (C=S) groups is 1. The third kappa shape index (κ3) is 2.95. The molecule has 2 bridgehead atoms. The molecule has 2 N–H and O–H groups in total. The number of carbonyl (C=O) groups is 1. The lowest BCUT2D eigenvalue weighted by atomic mass is 9.95. The average Bonchev–Trinajstić information content (AvgIpc) is 3.11. The topological polar surface area (TPSA) is 50.4 Å². The average molecular weight is 318 g/mol. The van der Waals surface area contributed by atoms with Crippen LogP contribution in [0.15, 0.2) is 18.2 Å². The van der Waals surface area contributed by atoms with Gasteiger partial charge in [0.2, 0.25) is 0 Å². The van der Waals surface area contributed by atoms with Crippen LogP contribution < -0.4 is 10.6 Å². The molecule has 2 saturated carbocycles. The number of carbonyl (C=O) groups excluding carboxylic acids is 1. The number of rotatable bonds is 3. The number of ether oxygens (including phenoxy) is 1. The summed E-state index contributed by atoms with van der Waals surface area (Å²) in [7, 11) is 1.39. The summed E-state index contributed by atoms with van der Waals surface area (Å²) in [4.78, 5) is 11.7. The van der Waals surface area contributed by atoms with Crippen molar-refractivity contribution in [3.8, 4) is 0 Å². The van der Waals surface area contributed by atoms with Gasteiger partial charge in [0.05, 0.1) is 12.7 Å². The van der Waals surface area contributed by atoms with E-state index >= 15 is 0 Å². The summed E-state index contributed by atoms with van der Waals surface area (Å²) in [5.41, 5.74) is 2.27. The Hall–Kier alpha value is -1.62. The van der Waals surface area contributed by atoms with Crippen molar-refractivity contribution >= 4 is 29.0 Å². The van der Waals surface area contributed by atoms with Crippen LogP contribution in [0.3, 0.4) is 0 Å². The molecule has 2 aliphatic rings. The quantitative estimate of drug-likeness (QED) is 0.662. The van der Waals surface area contributed by atoms with Crippen LogP contribution in [0.5, 0.6) is 0 Å². The van der Waals surface area contributed by atoms with E-state index in [1.807, 2.05) is 19.1 Å². The standard InChI is InChI=1S/C17H22N2O2S/c1-10-13(16(20)21-2)4-3-5-14(10)18-17(22)19-15-9-11-6-7-12(15)8-11/h3-5,11-12,15H,6-9H2,1-2H3,(H2,18,19,22)/t11-,12-,15-/m0/s1. The maximum atomic E-state index is 11.7. The Labute approximate surface area is 136 Å². The summed E-state index contributed by atoms with van der Waals surface area (Å²) in [5.74, 6) is 1.33. The molecule has 0 heterocycles. The smallest absolute Gasteiger partial charge is 0.338 e. The lowest BCUT2D eigenvalue weighted by molar-refractivity contribution is 0.0600. The van der Waals surface area contributed by atoms with Crippen molar-refractivity contribution in [3.63, 3.8) is 0 Å². The second-order valence-electron chi connectivity index (χ2n) is 6.35. The van der Waals surface area contributed by atoms with Crippen molar-refractivity contribution < 1.29 is 9.53 Å². The van der Waals surface area contributed by atoms with Gasteiger partial charge in [0, 0.05) is 11.7 Å². The fourth-order valence-corrected chi connectivity index (χ4v) is 4.11. The van der Waals surface area contributed by atoms with Gasteiger partial charge in [-0.2, -0.15) is 0 Å². The van der Waals surface area contributed by atoms with Gasteiger partial charge in [-0.25, -0.2) is 4.79 Å². The first-order valence-corrected chi connectivity index (χ1v) is 8.24. The highest BCUT2D eigenvalue weighted by Crippen LogP contribution is 2.44. The summed E-state index contributed by atoms with van der Waals surface area (Å²) >= 11 is 5.45. The molecule has 3 atom stereocenters. The molecule has 0 saturated heterocycles. The molecule has 0 radical (unpaired) electrons. The van der Waals surface area contributed by atoms with Crippen molar-refractivity contribution in [2.75, 3.05) is 12.4 Å². The molecule has 3 rings (SSSR count). The minimum atomic E-state index is -0.326. The minimum Gasteiger partial charge on any atom is -0.465 e. The van der Waals surface area contributed by atoms with Crippen LogP contribution >= 0.6 is 12.2 Å². The Morgan fingerprint density at radius 1 is 1.32 bits per heavy atom. The molecule has 4 nitrogen and oxygen atoms in total. The molecule has 0 amide bonds.